The summed E-state index contributed by atoms with van der Waals surface area (Å²) in [6.07, 6.45) is 0.887. The first-order valence-electron chi connectivity index (χ1n) is 4.52. The van der Waals surface area contributed by atoms with Gasteiger partial charge in [-0.05, 0) is 24.6 Å². The summed E-state index contributed by atoms with van der Waals surface area (Å²) >= 11 is 3.24. The first-order valence-corrected chi connectivity index (χ1v) is 5.31. The predicted molar refractivity (Wildman–Crippen MR) is 59.8 cm³/mol. The number of carbonyl (C=O) groups is 1. The second-order valence-corrected chi connectivity index (χ2v) is 3.80. The van der Waals surface area contributed by atoms with Gasteiger partial charge in [0, 0.05) is 10.0 Å². The van der Waals surface area contributed by atoms with E-state index in [0.717, 1.165) is 10.8 Å². The number of halogens is 1. The standard InChI is InChI=1S/C11H10BrNO2/c1-2-9(6-13)15-10-3-4-11(12)8(5-10)7-14/h3-5,7,9H,2H2,1H3. The average Bonchev–Trinajstić information content (AvgIpc) is 2.28. The molecule has 0 aliphatic rings. The van der Waals surface area contributed by atoms with Crippen molar-refractivity contribution in [3.8, 4) is 11.8 Å². The zero-order valence-electron chi connectivity index (χ0n) is 8.24. The Morgan fingerprint density at radius 2 is 2.40 bits per heavy atom. The molecule has 0 fully saturated rings. The Labute approximate surface area is 96.8 Å². The van der Waals surface area contributed by atoms with Gasteiger partial charge in [0.15, 0.2) is 12.4 Å². The highest BCUT2D eigenvalue weighted by Crippen LogP contribution is 2.22. The molecule has 0 amide bonds. The topological polar surface area (TPSA) is 50.1 Å². The van der Waals surface area contributed by atoms with Crippen molar-refractivity contribution < 1.29 is 9.53 Å². The van der Waals surface area contributed by atoms with Crippen LogP contribution < -0.4 is 4.74 Å². The van der Waals surface area contributed by atoms with Crippen molar-refractivity contribution in [2.75, 3.05) is 0 Å². The molecular weight excluding hydrogens is 258 g/mol. The van der Waals surface area contributed by atoms with Gasteiger partial charge in [-0.15, -0.1) is 0 Å². The van der Waals surface area contributed by atoms with Crippen molar-refractivity contribution in [2.45, 2.75) is 19.4 Å². The van der Waals surface area contributed by atoms with Crippen LogP contribution in [-0.4, -0.2) is 12.4 Å². The third kappa shape index (κ3) is 3.07. The second kappa shape index (κ2) is 5.52. The van der Waals surface area contributed by atoms with E-state index in [1.54, 1.807) is 18.2 Å². The summed E-state index contributed by atoms with van der Waals surface area (Å²) in [5.74, 6) is 0.536. The monoisotopic (exact) mass is 267 g/mol. The summed E-state index contributed by atoms with van der Waals surface area (Å²) in [6.45, 7) is 1.87. The average molecular weight is 268 g/mol. The van der Waals surface area contributed by atoms with Gasteiger partial charge in [0.05, 0.1) is 0 Å². The molecule has 4 heteroatoms. The minimum atomic E-state index is -0.467. The maximum Gasteiger partial charge on any atom is 0.184 e. The molecule has 15 heavy (non-hydrogen) atoms. The molecule has 0 saturated carbocycles. The molecule has 0 heterocycles. The van der Waals surface area contributed by atoms with Crippen molar-refractivity contribution >= 4 is 22.2 Å². The first-order chi connectivity index (χ1) is 7.21. The van der Waals surface area contributed by atoms with E-state index in [2.05, 4.69) is 15.9 Å². The van der Waals surface area contributed by atoms with Crippen molar-refractivity contribution in [2.24, 2.45) is 0 Å². The quantitative estimate of drug-likeness (QED) is 0.789. The molecule has 0 saturated heterocycles. The summed E-state index contributed by atoms with van der Waals surface area (Å²) in [6, 6.07) is 7.08. The normalized spacial score (nSPS) is 11.5. The van der Waals surface area contributed by atoms with E-state index in [-0.39, 0.29) is 0 Å². The lowest BCUT2D eigenvalue weighted by molar-refractivity contribution is 0.112. The van der Waals surface area contributed by atoms with E-state index in [9.17, 15) is 4.79 Å². The number of hydrogen-bond donors (Lipinski definition) is 0. The van der Waals surface area contributed by atoms with E-state index >= 15 is 0 Å². The van der Waals surface area contributed by atoms with Gasteiger partial charge in [-0.3, -0.25) is 4.79 Å². The van der Waals surface area contributed by atoms with E-state index < -0.39 is 6.10 Å². The highest BCUT2D eigenvalue weighted by molar-refractivity contribution is 9.10. The van der Waals surface area contributed by atoms with Crippen LogP contribution in [0.4, 0.5) is 0 Å². The molecule has 1 atom stereocenters. The number of nitriles is 1. The van der Waals surface area contributed by atoms with Gasteiger partial charge in [-0.1, -0.05) is 22.9 Å². The van der Waals surface area contributed by atoms with Crippen LogP contribution in [0.2, 0.25) is 0 Å². The number of benzene rings is 1. The smallest absolute Gasteiger partial charge is 0.184 e. The zero-order valence-corrected chi connectivity index (χ0v) is 9.82. The molecule has 1 rings (SSSR count). The maximum atomic E-state index is 10.7. The number of carbonyl (C=O) groups excluding carboxylic acids is 1. The van der Waals surface area contributed by atoms with Crippen LogP contribution in [0, 0.1) is 11.3 Å². The molecule has 0 aromatic heterocycles. The lowest BCUT2D eigenvalue weighted by Crippen LogP contribution is -2.12. The fourth-order valence-electron chi connectivity index (χ4n) is 1.05. The van der Waals surface area contributed by atoms with E-state index in [1.165, 1.54) is 0 Å². The number of hydrogen-bond acceptors (Lipinski definition) is 3. The van der Waals surface area contributed by atoms with Gasteiger partial charge in [-0.25, -0.2) is 0 Å². The van der Waals surface area contributed by atoms with Crippen molar-refractivity contribution in [3.63, 3.8) is 0 Å². The molecule has 0 N–H and O–H groups in total. The number of nitrogens with zero attached hydrogens (tertiary/aromatic N) is 1. The van der Waals surface area contributed by atoms with Crippen LogP contribution in [0.5, 0.6) is 5.75 Å². The third-order valence-electron chi connectivity index (χ3n) is 1.89. The summed E-state index contributed by atoms with van der Waals surface area (Å²) < 4.78 is 6.09. The minimum absolute atomic E-state index is 0.467. The van der Waals surface area contributed by atoms with Crippen molar-refractivity contribution in [1.82, 2.24) is 0 Å². The summed E-state index contributed by atoms with van der Waals surface area (Å²) in [7, 11) is 0. The minimum Gasteiger partial charge on any atom is -0.476 e. The van der Waals surface area contributed by atoms with Crippen LogP contribution in [0.15, 0.2) is 22.7 Å². The fourth-order valence-corrected chi connectivity index (χ4v) is 1.39. The molecule has 0 aliphatic carbocycles. The first kappa shape index (κ1) is 11.7. The lowest BCUT2D eigenvalue weighted by Gasteiger charge is -2.10. The number of aldehydes is 1. The van der Waals surface area contributed by atoms with Crippen LogP contribution >= 0.6 is 15.9 Å². The van der Waals surface area contributed by atoms with Gasteiger partial charge in [0.1, 0.15) is 11.8 Å². The van der Waals surface area contributed by atoms with Crippen LogP contribution in [0.3, 0.4) is 0 Å². The Kier molecular flexibility index (Phi) is 4.32. The Morgan fingerprint density at radius 3 is 2.93 bits per heavy atom. The SMILES string of the molecule is CCC(C#N)Oc1ccc(Br)c(C=O)c1. The molecule has 0 bridgehead atoms. The highest BCUT2D eigenvalue weighted by Gasteiger charge is 2.07. The molecule has 78 valence electrons. The third-order valence-corrected chi connectivity index (χ3v) is 2.61. The fraction of sp³-hybridized carbons (Fsp3) is 0.273. The Balaban J connectivity index is 2.88. The molecule has 0 spiro atoms. The summed E-state index contributed by atoms with van der Waals surface area (Å²) in [5, 5.41) is 8.71. The highest BCUT2D eigenvalue weighted by atomic mass is 79.9. The largest absolute Gasteiger partial charge is 0.476 e. The number of rotatable bonds is 4. The van der Waals surface area contributed by atoms with Crippen LogP contribution in [0.1, 0.15) is 23.7 Å². The van der Waals surface area contributed by atoms with Gasteiger partial charge >= 0.3 is 0 Å². The van der Waals surface area contributed by atoms with Crippen LogP contribution in [-0.2, 0) is 0 Å². The van der Waals surface area contributed by atoms with Gasteiger partial charge in [-0.2, -0.15) is 5.26 Å². The molecule has 1 aromatic carbocycles. The van der Waals surface area contributed by atoms with Crippen LogP contribution in [0.25, 0.3) is 0 Å². The molecule has 0 radical (unpaired) electrons. The molecule has 1 unspecified atom stereocenters. The number of ether oxygens (including phenoxy) is 1. The zero-order chi connectivity index (χ0) is 11.3. The molecule has 0 aliphatic heterocycles. The van der Waals surface area contributed by atoms with Gasteiger partial charge in [0.25, 0.3) is 0 Å². The second-order valence-electron chi connectivity index (χ2n) is 2.95. The van der Waals surface area contributed by atoms with Crippen molar-refractivity contribution in [3.05, 3.63) is 28.2 Å². The lowest BCUT2D eigenvalue weighted by atomic mass is 10.2. The Bertz CT molecular complexity index is 398. The Morgan fingerprint density at radius 1 is 1.67 bits per heavy atom. The maximum absolute atomic E-state index is 10.7. The summed E-state index contributed by atoms with van der Waals surface area (Å²) in [4.78, 5) is 10.7. The van der Waals surface area contributed by atoms with E-state index in [0.29, 0.717) is 17.7 Å². The Hall–Kier alpha value is -1.34. The van der Waals surface area contributed by atoms with E-state index in [4.69, 9.17) is 10.00 Å². The van der Waals surface area contributed by atoms with E-state index in [1.807, 2.05) is 13.0 Å². The predicted octanol–water partition coefficient (Wildman–Crippen LogP) is 2.94. The molecular formula is C11H10BrNO2. The molecule has 1 aromatic rings. The molecule has 3 nitrogen and oxygen atoms in total. The van der Waals surface area contributed by atoms with Crippen molar-refractivity contribution in [1.29, 1.82) is 5.26 Å². The summed E-state index contributed by atoms with van der Waals surface area (Å²) in [5.41, 5.74) is 0.514. The van der Waals surface area contributed by atoms with Gasteiger partial charge < -0.3 is 4.74 Å². The van der Waals surface area contributed by atoms with Gasteiger partial charge in [0.2, 0.25) is 0 Å².